The standard InChI is InChI=1S/C33H32ClF3N4O2/c1-19-6-4-5-7-25(19)31(42)39-23-11-14-26(20(2)16-23)32(43)38-22-9-12-24(13-10-22)41(3)29-18-30(33(35,36)37)40-28-15-8-21(34)17-27(28)29/h4-8,11,14-18,22,24H,9-10,12-13H2,1-3H3,(H,38,43)(H,39,42)/t22-,24+. The van der Waals surface area contributed by atoms with E-state index >= 15 is 0 Å². The van der Waals surface area contributed by atoms with Crippen LogP contribution < -0.4 is 15.5 Å². The van der Waals surface area contributed by atoms with Gasteiger partial charge in [-0.1, -0.05) is 29.8 Å². The van der Waals surface area contributed by atoms with Gasteiger partial charge in [-0.3, -0.25) is 9.59 Å². The van der Waals surface area contributed by atoms with E-state index in [9.17, 15) is 22.8 Å². The van der Waals surface area contributed by atoms with Crippen LogP contribution in [0, 0.1) is 13.8 Å². The van der Waals surface area contributed by atoms with Crippen molar-refractivity contribution in [2.45, 2.75) is 57.8 Å². The molecule has 0 spiro atoms. The Kier molecular flexibility index (Phi) is 8.64. The van der Waals surface area contributed by atoms with Crippen molar-refractivity contribution >= 4 is 45.7 Å². The lowest BCUT2D eigenvalue weighted by Gasteiger charge is -2.37. The number of carbonyl (C=O) groups is 2. The third-order valence-corrected chi connectivity index (χ3v) is 8.35. The smallest absolute Gasteiger partial charge is 0.371 e. The van der Waals surface area contributed by atoms with Crippen LogP contribution in [0.5, 0.6) is 0 Å². The van der Waals surface area contributed by atoms with Gasteiger partial charge in [0.15, 0.2) is 0 Å². The molecule has 1 saturated carbocycles. The lowest BCUT2D eigenvalue weighted by Crippen LogP contribution is -2.43. The molecule has 3 aromatic carbocycles. The van der Waals surface area contributed by atoms with Gasteiger partial charge in [0, 0.05) is 52.0 Å². The highest BCUT2D eigenvalue weighted by Gasteiger charge is 2.35. The lowest BCUT2D eigenvalue weighted by molar-refractivity contribution is -0.140. The maximum atomic E-state index is 13.6. The summed E-state index contributed by atoms with van der Waals surface area (Å²) in [5, 5.41) is 6.99. The first-order valence-corrected chi connectivity index (χ1v) is 14.5. The van der Waals surface area contributed by atoms with Gasteiger partial charge in [-0.05, 0) is 99.2 Å². The Balaban J connectivity index is 1.22. The maximum Gasteiger partial charge on any atom is 0.433 e. The zero-order chi connectivity index (χ0) is 30.9. The quantitative estimate of drug-likeness (QED) is 0.233. The van der Waals surface area contributed by atoms with Gasteiger partial charge in [-0.15, -0.1) is 0 Å². The van der Waals surface area contributed by atoms with E-state index in [-0.39, 0.29) is 29.4 Å². The van der Waals surface area contributed by atoms with Gasteiger partial charge in [0.1, 0.15) is 5.69 Å². The molecule has 43 heavy (non-hydrogen) atoms. The van der Waals surface area contributed by atoms with Crippen molar-refractivity contribution in [3.63, 3.8) is 0 Å². The summed E-state index contributed by atoms with van der Waals surface area (Å²) >= 11 is 6.17. The minimum Gasteiger partial charge on any atom is -0.371 e. The SMILES string of the molecule is Cc1ccccc1C(=O)Nc1ccc(C(=O)N[C@H]2CC[C@@H](N(C)c3cc(C(F)(F)F)nc4ccc(Cl)cc34)CC2)c(C)c1. The van der Waals surface area contributed by atoms with Gasteiger partial charge in [0.05, 0.1) is 5.52 Å². The van der Waals surface area contributed by atoms with E-state index in [1.807, 2.05) is 36.9 Å². The molecule has 0 aliphatic heterocycles. The average molecular weight is 609 g/mol. The molecule has 6 nitrogen and oxygen atoms in total. The van der Waals surface area contributed by atoms with Gasteiger partial charge in [-0.2, -0.15) is 13.2 Å². The summed E-state index contributed by atoms with van der Waals surface area (Å²) in [6.07, 6.45) is -1.83. The van der Waals surface area contributed by atoms with Crippen molar-refractivity contribution in [2.75, 3.05) is 17.3 Å². The summed E-state index contributed by atoms with van der Waals surface area (Å²) in [5.74, 6) is -0.412. The molecule has 10 heteroatoms. The number of benzene rings is 3. The van der Waals surface area contributed by atoms with E-state index in [0.29, 0.717) is 58.6 Å². The van der Waals surface area contributed by atoms with Crippen LogP contribution in [0.1, 0.15) is 63.2 Å². The summed E-state index contributed by atoms with van der Waals surface area (Å²) in [7, 11) is 1.79. The highest BCUT2D eigenvalue weighted by Crippen LogP contribution is 2.37. The molecule has 4 aromatic rings. The van der Waals surface area contributed by atoms with Crippen LogP contribution in [-0.2, 0) is 6.18 Å². The van der Waals surface area contributed by atoms with Crippen LogP contribution in [0.2, 0.25) is 5.02 Å². The predicted molar refractivity (Wildman–Crippen MR) is 164 cm³/mol. The predicted octanol–water partition coefficient (Wildman–Crippen LogP) is 7.95. The highest BCUT2D eigenvalue weighted by atomic mass is 35.5. The molecule has 1 aliphatic carbocycles. The van der Waals surface area contributed by atoms with Crippen molar-refractivity contribution in [3.05, 3.63) is 99.7 Å². The van der Waals surface area contributed by atoms with Crippen molar-refractivity contribution < 1.29 is 22.8 Å². The van der Waals surface area contributed by atoms with Crippen LogP contribution in [0.3, 0.4) is 0 Å². The number of anilines is 2. The van der Waals surface area contributed by atoms with Gasteiger partial charge in [0.2, 0.25) is 0 Å². The highest BCUT2D eigenvalue weighted by molar-refractivity contribution is 6.31. The Morgan fingerprint density at radius 2 is 1.58 bits per heavy atom. The Labute approximate surface area is 253 Å². The fourth-order valence-electron chi connectivity index (χ4n) is 5.71. The molecule has 1 fully saturated rings. The zero-order valence-corrected chi connectivity index (χ0v) is 24.8. The number of alkyl halides is 3. The van der Waals surface area contributed by atoms with Crippen LogP contribution >= 0.6 is 11.6 Å². The van der Waals surface area contributed by atoms with Crippen LogP contribution in [-0.4, -0.2) is 35.9 Å². The molecule has 224 valence electrons. The van der Waals surface area contributed by atoms with Crippen LogP contribution in [0.25, 0.3) is 10.9 Å². The van der Waals surface area contributed by atoms with E-state index in [0.717, 1.165) is 17.2 Å². The number of halogens is 4. The van der Waals surface area contributed by atoms with Crippen LogP contribution in [0.4, 0.5) is 24.5 Å². The number of hydrogen-bond acceptors (Lipinski definition) is 4. The second-order valence-corrected chi connectivity index (χ2v) is 11.5. The van der Waals surface area contributed by atoms with Crippen molar-refractivity contribution in [1.29, 1.82) is 0 Å². The summed E-state index contributed by atoms with van der Waals surface area (Å²) in [5.41, 5.74) is 3.04. The van der Waals surface area contributed by atoms with E-state index in [1.54, 1.807) is 37.4 Å². The number of nitrogens with zero attached hydrogens (tertiary/aromatic N) is 2. The molecule has 0 atom stereocenters. The molecule has 5 rings (SSSR count). The number of amides is 2. The molecule has 2 amide bonds. The average Bonchev–Trinajstić information content (AvgIpc) is 2.96. The van der Waals surface area contributed by atoms with Crippen LogP contribution in [0.15, 0.2) is 66.7 Å². The Morgan fingerprint density at radius 3 is 2.26 bits per heavy atom. The number of pyridine rings is 1. The maximum absolute atomic E-state index is 13.6. The molecular formula is C33H32ClF3N4O2. The largest absolute Gasteiger partial charge is 0.433 e. The third kappa shape index (κ3) is 6.77. The van der Waals surface area contributed by atoms with Gasteiger partial charge >= 0.3 is 6.18 Å². The van der Waals surface area contributed by atoms with Gasteiger partial charge < -0.3 is 15.5 Å². The number of aromatic nitrogens is 1. The molecule has 0 radical (unpaired) electrons. The molecule has 1 heterocycles. The van der Waals surface area contributed by atoms with E-state index < -0.39 is 11.9 Å². The second kappa shape index (κ2) is 12.2. The topological polar surface area (TPSA) is 74.3 Å². The second-order valence-electron chi connectivity index (χ2n) is 11.1. The summed E-state index contributed by atoms with van der Waals surface area (Å²) in [6.45, 7) is 3.70. The zero-order valence-electron chi connectivity index (χ0n) is 24.1. The van der Waals surface area contributed by atoms with E-state index in [2.05, 4.69) is 15.6 Å². The number of carbonyl (C=O) groups excluding carboxylic acids is 2. The normalized spacial score (nSPS) is 17.0. The molecule has 1 aliphatic rings. The first-order chi connectivity index (χ1) is 20.4. The van der Waals surface area contributed by atoms with Crippen molar-refractivity contribution in [3.8, 4) is 0 Å². The Bertz CT molecular complexity index is 1680. The minimum absolute atomic E-state index is 0.0169. The number of hydrogen-bond donors (Lipinski definition) is 2. The number of nitrogens with one attached hydrogen (secondary N) is 2. The van der Waals surface area contributed by atoms with Crippen molar-refractivity contribution in [2.24, 2.45) is 0 Å². The fourth-order valence-corrected chi connectivity index (χ4v) is 5.88. The Morgan fingerprint density at radius 1 is 0.884 bits per heavy atom. The molecular weight excluding hydrogens is 577 g/mol. The number of rotatable bonds is 6. The van der Waals surface area contributed by atoms with E-state index in [4.69, 9.17) is 11.6 Å². The molecule has 0 bridgehead atoms. The molecule has 2 N–H and O–H groups in total. The lowest BCUT2D eigenvalue weighted by atomic mass is 9.89. The number of aryl methyl sites for hydroxylation is 2. The molecule has 1 aromatic heterocycles. The first kappa shape index (κ1) is 30.4. The van der Waals surface area contributed by atoms with Crippen molar-refractivity contribution in [1.82, 2.24) is 10.3 Å². The minimum atomic E-state index is -4.58. The van der Waals surface area contributed by atoms with E-state index in [1.165, 1.54) is 12.1 Å². The third-order valence-electron chi connectivity index (χ3n) is 8.12. The first-order valence-electron chi connectivity index (χ1n) is 14.1. The molecule has 0 unspecified atom stereocenters. The molecule has 0 saturated heterocycles. The van der Waals surface area contributed by atoms with Gasteiger partial charge in [0.25, 0.3) is 11.8 Å². The summed E-state index contributed by atoms with van der Waals surface area (Å²) in [4.78, 5) is 31.5. The number of fused-ring (bicyclic) bond motifs is 1. The Hall–Kier alpha value is -4.11. The van der Waals surface area contributed by atoms with Gasteiger partial charge in [-0.25, -0.2) is 4.98 Å². The summed E-state index contributed by atoms with van der Waals surface area (Å²) in [6, 6.07) is 18.2. The summed E-state index contributed by atoms with van der Waals surface area (Å²) < 4.78 is 40.9. The monoisotopic (exact) mass is 608 g/mol. The fraction of sp³-hybridized carbons (Fsp3) is 0.303.